The summed E-state index contributed by atoms with van der Waals surface area (Å²) in [6, 6.07) is 4.26. The quantitative estimate of drug-likeness (QED) is 0.806. The van der Waals surface area contributed by atoms with Crippen molar-refractivity contribution in [1.82, 2.24) is 0 Å². The minimum absolute atomic E-state index is 0.203. The van der Waals surface area contributed by atoms with Crippen LogP contribution in [-0.2, 0) is 5.92 Å². The summed E-state index contributed by atoms with van der Waals surface area (Å²) in [6.45, 7) is 0. The zero-order valence-electron chi connectivity index (χ0n) is 8.14. The number of alkyl halides is 2. The molecule has 82 valence electrons. The Morgan fingerprint density at radius 1 is 1.13 bits per heavy atom. The molecular weight excluding hydrogens is 203 g/mol. The van der Waals surface area contributed by atoms with Crippen molar-refractivity contribution in [3.8, 4) is 0 Å². The van der Waals surface area contributed by atoms with Crippen molar-refractivity contribution in [2.24, 2.45) is 5.73 Å². The van der Waals surface area contributed by atoms with Crippen LogP contribution in [-0.4, -0.2) is 5.54 Å². The monoisotopic (exact) mass is 215 g/mol. The predicted octanol–water partition coefficient (Wildman–Crippen LogP) is 2.80. The van der Waals surface area contributed by atoms with Gasteiger partial charge in [-0.05, 0) is 31.4 Å². The molecule has 1 saturated carbocycles. The fourth-order valence-electron chi connectivity index (χ4n) is 1.82. The Balaban J connectivity index is 2.32. The molecule has 1 fully saturated rings. The Hall–Kier alpha value is -1.03. The van der Waals surface area contributed by atoms with Crippen molar-refractivity contribution in [2.75, 3.05) is 0 Å². The van der Waals surface area contributed by atoms with Gasteiger partial charge in [-0.3, -0.25) is 0 Å². The van der Waals surface area contributed by atoms with E-state index in [9.17, 15) is 13.2 Å². The second-order valence-electron chi connectivity index (χ2n) is 4.09. The lowest BCUT2D eigenvalue weighted by molar-refractivity contribution is -0.113. The Morgan fingerprint density at radius 2 is 1.67 bits per heavy atom. The summed E-state index contributed by atoms with van der Waals surface area (Å²) in [5.74, 6) is -3.59. The Morgan fingerprint density at radius 3 is 2.07 bits per heavy atom. The molecule has 0 aromatic heterocycles. The first-order chi connectivity index (χ1) is 6.96. The molecule has 0 heterocycles. The molecule has 0 saturated heterocycles. The molecule has 15 heavy (non-hydrogen) atoms. The number of hydrogen-bond acceptors (Lipinski definition) is 1. The average molecular weight is 215 g/mol. The first-order valence-electron chi connectivity index (χ1n) is 4.88. The van der Waals surface area contributed by atoms with E-state index in [1.807, 2.05) is 0 Å². The van der Waals surface area contributed by atoms with Crippen LogP contribution in [0.1, 0.15) is 24.8 Å². The molecule has 0 atom stereocenters. The summed E-state index contributed by atoms with van der Waals surface area (Å²) in [5.41, 5.74) is 3.96. The molecule has 1 aromatic rings. The van der Waals surface area contributed by atoms with Gasteiger partial charge in [-0.15, -0.1) is 0 Å². The minimum Gasteiger partial charge on any atom is -0.320 e. The van der Waals surface area contributed by atoms with Gasteiger partial charge in [-0.1, -0.05) is 12.1 Å². The molecule has 2 N–H and O–H groups in total. The third-order valence-corrected chi connectivity index (χ3v) is 3.08. The number of rotatable bonds is 2. The van der Waals surface area contributed by atoms with Gasteiger partial charge in [0.25, 0.3) is 5.92 Å². The van der Waals surface area contributed by atoms with Gasteiger partial charge in [0.15, 0.2) is 0 Å². The van der Waals surface area contributed by atoms with Gasteiger partial charge in [-0.2, -0.15) is 8.78 Å². The second kappa shape index (κ2) is 3.23. The zero-order valence-corrected chi connectivity index (χ0v) is 8.14. The molecule has 1 aliphatic rings. The van der Waals surface area contributed by atoms with Crippen LogP contribution >= 0.6 is 0 Å². The number of hydrogen-bond donors (Lipinski definition) is 1. The number of benzene rings is 1. The lowest BCUT2D eigenvalue weighted by Gasteiger charge is -2.44. The van der Waals surface area contributed by atoms with E-state index in [-0.39, 0.29) is 5.56 Å². The highest BCUT2D eigenvalue weighted by Gasteiger charge is 2.55. The van der Waals surface area contributed by atoms with E-state index in [4.69, 9.17) is 5.73 Å². The van der Waals surface area contributed by atoms with Crippen LogP contribution in [0.3, 0.4) is 0 Å². The van der Waals surface area contributed by atoms with Crippen molar-refractivity contribution >= 4 is 0 Å². The van der Waals surface area contributed by atoms with Gasteiger partial charge < -0.3 is 5.73 Å². The van der Waals surface area contributed by atoms with Crippen LogP contribution in [0, 0.1) is 5.82 Å². The van der Waals surface area contributed by atoms with Crippen LogP contribution in [0.5, 0.6) is 0 Å². The molecular formula is C11H12F3N. The largest absolute Gasteiger partial charge is 0.320 e. The fraction of sp³-hybridized carbons (Fsp3) is 0.455. The van der Waals surface area contributed by atoms with Gasteiger partial charge in [0.05, 0.1) is 5.54 Å². The lowest BCUT2D eigenvalue weighted by Crippen LogP contribution is -2.58. The highest BCUT2D eigenvalue weighted by molar-refractivity contribution is 5.26. The van der Waals surface area contributed by atoms with Gasteiger partial charge in [-0.25, -0.2) is 4.39 Å². The summed E-state index contributed by atoms with van der Waals surface area (Å²) in [5, 5.41) is 0. The van der Waals surface area contributed by atoms with Crippen LogP contribution < -0.4 is 5.73 Å². The fourth-order valence-corrected chi connectivity index (χ4v) is 1.82. The normalized spacial score (nSPS) is 19.7. The van der Waals surface area contributed by atoms with Crippen molar-refractivity contribution in [3.05, 3.63) is 35.6 Å². The first kappa shape index (κ1) is 10.5. The predicted molar refractivity (Wildman–Crippen MR) is 51.1 cm³/mol. The molecule has 0 aliphatic heterocycles. The SMILES string of the molecule is NC1(C(F)(F)c2ccc(F)cc2)CCC1. The van der Waals surface area contributed by atoms with Crippen molar-refractivity contribution in [2.45, 2.75) is 30.7 Å². The number of halogens is 3. The molecule has 2 rings (SSSR count). The van der Waals surface area contributed by atoms with E-state index in [2.05, 4.69) is 0 Å². The molecule has 0 spiro atoms. The van der Waals surface area contributed by atoms with E-state index in [1.54, 1.807) is 0 Å². The minimum atomic E-state index is -3.07. The van der Waals surface area contributed by atoms with E-state index in [0.29, 0.717) is 12.8 Å². The van der Waals surface area contributed by atoms with Crippen LogP contribution in [0.4, 0.5) is 13.2 Å². The molecule has 0 bridgehead atoms. The summed E-state index contributed by atoms with van der Waals surface area (Å²) in [6.07, 6.45) is 1.36. The molecule has 0 amide bonds. The maximum absolute atomic E-state index is 13.9. The highest BCUT2D eigenvalue weighted by atomic mass is 19.3. The summed E-state index contributed by atoms with van der Waals surface area (Å²) in [7, 11) is 0. The van der Waals surface area contributed by atoms with Crippen LogP contribution in [0.25, 0.3) is 0 Å². The molecule has 1 aliphatic carbocycles. The topological polar surface area (TPSA) is 26.0 Å². The summed E-state index contributed by atoms with van der Waals surface area (Å²) >= 11 is 0. The Bertz CT molecular complexity index is 355. The first-order valence-corrected chi connectivity index (χ1v) is 4.88. The molecule has 1 aromatic carbocycles. The number of nitrogens with two attached hydrogens (primary N) is 1. The van der Waals surface area contributed by atoms with E-state index in [1.165, 1.54) is 0 Å². The molecule has 0 unspecified atom stereocenters. The molecule has 4 heteroatoms. The van der Waals surface area contributed by atoms with E-state index >= 15 is 0 Å². The molecule has 0 radical (unpaired) electrons. The highest BCUT2D eigenvalue weighted by Crippen LogP contribution is 2.48. The van der Waals surface area contributed by atoms with Crippen molar-refractivity contribution < 1.29 is 13.2 Å². The van der Waals surface area contributed by atoms with Gasteiger partial charge in [0.1, 0.15) is 5.82 Å². The lowest BCUT2D eigenvalue weighted by atomic mass is 9.71. The smallest absolute Gasteiger partial charge is 0.290 e. The van der Waals surface area contributed by atoms with E-state index in [0.717, 1.165) is 30.7 Å². The standard InChI is InChI=1S/C11H12F3N/c12-9-4-2-8(3-5-9)11(13,14)10(15)6-1-7-10/h2-5H,1,6-7,15H2. The van der Waals surface area contributed by atoms with Crippen LogP contribution in [0.2, 0.25) is 0 Å². The second-order valence-corrected chi connectivity index (χ2v) is 4.09. The third kappa shape index (κ3) is 1.53. The third-order valence-electron chi connectivity index (χ3n) is 3.08. The Kier molecular flexibility index (Phi) is 2.26. The maximum Gasteiger partial charge on any atom is 0.290 e. The average Bonchev–Trinajstić information content (AvgIpc) is 2.14. The van der Waals surface area contributed by atoms with Crippen LogP contribution in [0.15, 0.2) is 24.3 Å². The van der Waals surface area contributed by atoms with Gasteiger partial charge in [0.2, 0.25) is 0 Å². The zero-order chi connectivity index (χ0) is 11.1. The summed E-state index contributed by atoms with van der Waals surface area (Å²) < 4.78 is 40.3. The Labute approximate surface area is 86.1 Å². The van der Waals surface area contributed by atoms with E-state index < -0.39 is 17.3 Å². The summed E-state index contributed by atoms with van der Waals surface area (Å²) in [4.78, 5) is 0. The van der Waals surface area contributed by atoms with Gasteiger partial charge in [0, 0.05) is 5.56 Å². The van der Waals surface area contributed by atoms with Crippen molar-refractivity contribution in [3.63, 3.8) is 0 Å². The molecule has 1 nitrogen and oxygen atoms in total. The van der Waals surface area contributed by atoms with Gasteiger partial charge >= 0.3 is 0 Å². The van der Waals surface area contributed by atoms with Crippen molar-refractivity contribution in [1.29, 1.82) is 0 Å². The maximum atomic E-state index is 13.9.